The molecule has 0 saturated heterocycles. The maximum atomic E-state index is 10.8. The third-order valence-corrected chi connectivity index (χ3v) is 3.74. The Hall–Kier alpha value is -3.41. The van der Waals surface area contributed by atoms with Crippen molar-refractivity contribution in [3.63, 3.8) is 0 Å². The molecule has 0 unspecified atom stereocenters. The molecular formula is C18H13N3O3. The summed E-state index contributed by atoms with van der Waals surface area (Å²) in [5, 5.41) is 19.5. The fraction of sp³-hybridized carbons (Fsp3) is 0.0556. The number of benzene rings is 2. The van der Waals surface area contributed by atoms with Crippen LogP contribution in [-0.2, 0) is 0 Å². The fourth-order valence-electron chi connectivity index (χ4n) is 2.63. The van der Waals surface area contributed by atoms with Crippen LogP contribution in [0.3, 0.4) is 0 Å². The van der Waals surface area contributed by atoms with Gasteiger partial charge >= 0.3 is 0 Å². The smallest absolute Gasteiger partial charge is 0.185 e. The summed E-state index contributed by atoms with van der Waals surface area (Å²) in [6, 6.07) is 14.3. The zero-order valence-electron chi connectivity index (χ0n) is 12.8. The van der Waals surface area contributed by atoms with Crippen molar-refractivity contribution in [2.45, 2.75) is 6.92 Å². The lowest BCUT2D eigenvalue weighted by Crippen LogP contribution is -2.00. The summed E-state index contributed by atoms with van der Waals surface area (Å²) in [6.45, 7) is 1.90. The number of phenols is 1. The second-order valence-corrected chi connectivity index (χ2v) is 5.48. The number of fused-ring (bicyclic) bond motifs is 1. The Kier molecular flexibility index (Phi) is 3.16. The second-order valence-electron chi connectivity index (χ2n) is 5.48. The van der Waals surface area contributed by atoms with Crippen LogP contribution in [0.15, 0.2) is 52.9 Å². The highest BCUT2D eigenvalue weighted by molar-refractivity contribution is 5.77. The largest absolute Gasteiger partial charge is 0.505 e. The highest BCUT2D eigenvalue weighted by Gasteiger charge is 2.17. The van der Waals surface area contributed by atoms with Gasteiger partial charge in [0.2, 0.25) is 0 Å². The molecule has 0 amide bonds. The maximum Gasteiger partial charge on any atom is 0.185 e. The number of furan rings is 1. The van der Waals surface area contributed by atoms with E-state index >= 15 is 0 Å². The van der Waals surface area contributed by atoms with Gasteiger partial charge in [0.05, 0.1) is 5.56 Å². The van der Waals surface area contributed by atoms with Crippen molar-refractivity contribution >= 4 is 17.3 Å². The standard InChI is InChI=1S/C18H13N3O3/c1-11-8-13(17-7-6-12(10-22)24-17)18(23)16(9-11)21-19-14-4-2-3-5-15(14)20-21/h2-10,23H,1H3. The third-order valence-electron chi connectivity index (χ3n) is 3.74. The summed E-state index contributed by atoms with van der Waals surface area (Å²) < 4.78 is 5.43. The van der Waals surface area contributed by atoms with Crippen molar-refractivity contribution in [3.05, 3.63) is 59.9 Å². The van der Waals surface area contributed by atoms with Gasteiger partial charge in [-0.1, -0.05) is 12.1 Å². The summed E-state index contributed by atoms with van der Waals surface area (Å²) in [7, 11) is 0. The number of carbonyl (C=O) groups is 1. The Labute approximate surface area is 137 Å². The third kappa shape index (κ3) is 2.25. The topological polar surface area (TPSA) is 81.1 Å². The number of aromatic nitrogens is 3. The van der Waals surface area contributed by atoms with Gasteiger partial charge in [-0.25, -0.2) is 0 Å². The van der Waals surface area contributed by atoms with Gasteiger partial charge in [0.1, 0.15) is 22.5 Å². The van der Waals surface area contributed by atoms with Gasteiger partial charge in [0.25, 0.3) is 0 Å². The van der Waals surface area contributed by atoms with Crippen molar-refractivity contribution in [2.24, 2.45) is 0 Å². The number of nitrogens with zero attached hydrogens (tertiary/aromatic N) is 3. The van der Waals surface area contributed by atoms with E-state index in [0.29, 0.717) is 23.3 Å². The van der Waals surface area contributed by atoms with E-state index in [4.69, 9.17) is 4.42 Å². The molecule has 0 atom stereocenters. The number of phenolic OH excluding ortho intramolecular Hbond substituents is 1. The molecule has 4 rings (SSSR count). The van der Waals surface area contributed by atoms with Crippen LogP contribution in [0.1, 0.15) is 16.1 Å². The highest BCUT2D eigenvalue weighted by Crippen LogP contribution is 2.36. The van der Waals surface area contributed by atoms with E-state index in [1.54, 1.807) is 24.3 Å². The molecule has 1 N–H and O–H groups in total. The minimum atomic E-state index is -0.00675. The molecule has 24 heavy (non-hydrogen) atoms. The van der Waals surface area contributed by atoms with Crippen LogP contribution in [0, 0.1) is 6.92 Å². The Morgan fingerprint density at radius 1 is 1.08 bits per heavy atom. The lowest BCUT2D eigenvalue weighted by molar-refractivity contribution is 0.110. The van der Waals surface area contributed by atoms with Crippen LogP contribution in [0.4, 0.5) is 0 Å². The number of hydrogen-bond acceptors (Lipinski definition) is 5. The summed E-state index contributed by atoms with van der Waals surface area (Å²) in [6.07, 6.45) is 0.624. The van der Waals surface area contributed by atoms with E-state index in [-0.39, 0.29) is 11.5 Å². The first-order valence-electron chi connectivity index (χ1n) is 7.37. The molecule has 2 aromatic carbocycles. The monoisotopic (exact) mass is 319 g/mol. The Morgan fingerprint density at radius 3 is 2.42 bits per heavy atom. The van der Waals surface area contributed by atoms with E-state index < -0.39 is 0 Å². The number of aryl methyl sites for hydroxylation is 1. The van der Waals surface area contributed by atoms with Gasteiger partial charge < -0.3 is 9.52 Å². The predicted octanol–water partition coefficient (Wildman–Crippen LogP) is 3.51. The number of carbonyl (C=O) groups excluding carboxylic acids is 1. The maximum absolute atomic E-state index is 10.8. The SMILES string of the molecule is Cc1cc(-c2ccc(C=O)o2)c(O)c(-n2nc3ccccc3n2)c1. The predicted molar refractivity (Wildman–Crippen MR) is 88.4 cm³/mol. The van der Waals surface area contributed by atoms with E-state index in [2.05, 4.69) is 10.2 Å². The molecule has 0 aliphatic heterocycles. The van der Waals surface area contributed by atoms with Crippen LogP contribution in [0.2, 0.25) is 0 Å². The van der Waals surface area contributed by atoms with E-state index in [0.717, 1.165) is 16.6 Å². The molecule has 4 aromatic rings. The molecule has 6 heteroatoms. The van der Waals surface area contributed by atoms with Crippen LogP contribution in [-0.4, -0.2) is 26.4 Å². The van der Waals surface area contributed by atoms with Gasteiger partial charge in [-0.05, 0) is 48.9 Å². The lowest BCUT2D eigenvalue weighted by Gasteiger charge is -2.09. The lowest BCUT2D eigenvalue weighted by atomic mass is 10.1. The highest BCUT2D eigenvalue weighted by atomic mass is 16.3. The number of hydrogen-bond donors (Lipinski definition) is 1. The molecule has 118 valence electrons. The summed E-state index contributed by atoms with van der Waals surface area (Å²) in [5.74, 6) is 0.611. The van der Waals surface area contributed by atoms with Crippen LogP contribution < -0.4 is 0 Å². The average Bonchev–Trinajstić information content (AvgIpc) is 3.22. The normalized spacial score (nSPS) is 11.0. The van der Waals surface area contributed by atoms with Gasteiger partial charge in [-0.2, -0.15) is 0 Å². The van der Waals surface area contributed by atoms with E-state index in [1.807, 2.05) is 31.2 Å². The average molecular weight is 319 g/mol. The minimum absolute atomic E-state index is 0.00675. The first kappa shape index (κ1) is 14.2. The zero-order valence-corrected chi connectivity index (χ0v) is 12.8. The fourth-order valence-corrected chi connectivity index (χ4v) is 2.63. The molecular weight excluding hydrogens is 306 g/mol. The molecule has 0 spiro atoms. The molecule has 2 heterocycles. The van der Waals surface area contributed by atoms with Crippen LogP contribution in [0.25, 0.3) is 28.0 Å². The quantitative estimate of drug-likeness (QED) is 0.584. The van der Waals surface area contributed by atoms with Crippen molar-refractivity contribution < 1.29 is 14.3 Å². The van der Waals surface area contributed by atoms with E-state index in [9.17, 15) is 9.90 Å². The number of aldehydes is 1. The summed E-state index contributed by atoms with van der Waals surface area (Å²) in [5.41, 5.74) is 3.32. The molecule has 0 aliphatic rings. The van der Waals surface area contributed by atoms with Crippen molar-refractivity contribution in [2.75, 3.05) is 0 Å². The minimum Gasteiger partial charge on any atom is -0.505 e. The zero-order chi connectivity index (χ0) is 16.7. The van der Waals surface area contributed by atoms with Gasteiger partial charge in [0, 0.05) is 0 Å². The van der Waals surface area contributed by atoms with Crippen molar-refractivity contribution in [1.29, 1.82) is 0 Å². The Balaban J connectivity index is 1.91. The first-order valence-corrected chi connectivity index (χ1v) is 7.37. The molecule has 2 aromatic heterocycles. The van der Waals surface area contributed by atoms with Gasteiger partial charge in [-0.3, -0.25) is 4.79 Å². The van der Waals surface area contributed by atoms with Crippen LogP contribution >= 0.6 is 0 Å². The number of rotatable bonds is 3. The Bertz CT molecular complexity index is 1030. The van der Waals surface area contributed by atoms with Gasteiger partial charge in [-0.15, -0.1) is 15.0 Å². The molecule has 6 nitrogen and oxygen atoms in total. The van der Waals surface area contributed by atoms with E-state index in [1.165, 1.54) is 4.80 Å². The van der Waals surface area contributed by atoms with Crippen LogP contribution in [0.5, 0.6) is 5.75 Å². The molecule has 0 bridgehead atoms. The first-order chi connectivity index (χ1) is 11.7. The number of aromatic hydroxyl groups is 1. The summed E-state index contributed by atoms with van der Waals surface area (Å²) in [4.78, 5) is 12.2. The molecule has 0 fully saturated rings. The van der Waals surface area contributed by atoms with Gasteiger partial charge in [0.15, 0.2) is 17.8 Å². The molecule has 0 radical (unpaired) electrons. The molecule has 0 aliphatic carbocycles. The Morgan fingerprint density at radius 2 is 1.79 bits per heavy atom. The van der Waals surface area contributed by atoms with Crippen molar-refractivity contribution in [1.82, 2.24) is 15.0 Å². The second kappa shape index (κ2) is 5.34. The van der Waals surface area contributed by atoms with Crippen molar-refractivity contribution in [3.8, 4) is 22.8 Å². The molecule has 0 saturated carbocycles. The summed E-state index contributed by atoms with van der Waals surface area (Å²) >= 11 is 0.